The van der Waals surface area contributed by atoms with E-state index in [9.17, 15) is 0 Å². The van der Waals surface area contributed by atoms with Crippen LogP contribution in [0.5, 0.6) is 0 Å². The van der Waals surface area contributed by atoms with Gasteiger partial charge >= 0.3 is 0 Å². The van der Waals surface area contributed by atoms with Crippen LogP contribution in [0.25, 0.3) is 0 Å². The van der Waals surface area contributed by atoms with Gasteiger partial charge in [0, 0.05) is 18.3 Å². The molecule has 0 N–H and O–H groups in total. The Balaban J connectivity index is 2.85. The van der Waals surface area contributed by atoms with Gasteiger partial charge in [-0.2, -0.15) is 0 Å². The van der Waals surface area contributed by atoms with Gasteiger partial charge in [0.15, 0.2) is 0 Å². The normalized spacial score (nSPS) is 11.5. The van der Waals surface area contributed by atoms with E-state index in [-0.39, 0.29) is 15.8 Å². The van der Waals surface area contributed by atoms with E-state index in [2.05, 4.69) is 62.9 Å². The van der Waals surface area contributed by atoms with Crippen LogP contribution in [0.2, 0.25) is 0 Å². The maximum Gasteiger partial charge on any atom is 0.0380 e. The lowest BCUT2D eigenvalue weighted by Gasteiger charge is -2.33. The molecule has 0 unspecified atom stereocenters. The fourth-order valence-corrected chi connectivity index (χ4v) is 9.08. The minimum Gasteiger partial charge on any atom is -0.363 e. The molecule has 27 heavy (non-hydrogen) atoms. The van der Waals surface area contributed by atoms with Crippen LogP contribution in [0.3, 0.4) is 0 Å². The molecule has 0 saturated carbocycles. The molecular weight excluding hydrogens is 364 g/mol. The molecule has 0 saturated heterocycles. The number of rotatable bonds is 17. The van der Waals surface area contributed by atoms with Gasteiger partial charge in [0.05, 0.1) is 0 Å². The van der Waals surface area contributed by atoms with Gasteiger partial charge in [-0.1, -0.05) is 87.4 Å². The smallest absolute Gasteiger partial charge is 0.0380 e. The van der Waals surface area contributed by atoms with Gasteiger partial charge in [0.2, 0.25) is 0 Å². The summed E-state index contributed by atoms with van der Waals surface area (Å²) in [5, 5.41) is 0. The van der Waals surface area contributed by atoms with E-state index in [1.165, 1.54) is 94.3 Å². The lowest BCUT2D eigenvalue weighted by Crippen LogP contribution is -2.26. The molecule has 3 heteroatoms. The summed E-state index contributed by atoms with van der Waals surface area (Å²) in [6.07, 6.45) is 19.6. The summed E-state index contributed by atoms with van der Waals surface area (Å²) >= 11 is 0. The second-order valence-electron chi connectivity index (χ2n) is 7.81. The van der Waals surface area contributed by atoms with Crippen LogP contribution in [0.4, 0.5) is 5.69 Å². The first kappa shape index (κ1) is 24.9. The summed E-state index contributed by atoms with van der Waals surface area (Å²) < 4.78 is 0. The molecule has 0 amide bonds. The molecule has 0 aliphatic rings. The van der Waals surface area contributed by atoms with Crippen molar-refractivity contribution >= 4 is 21.5 Å². The molecule has 0 spiro atoms. The van der Waals surface area contributed by atoms with Crippen LogP contribution in [0, 0.1) is 0 Å². The zero-order chi connectivity index (χ0) is 19.7. The van der Waals surface area contributed by atoms with Crippen molar-refractivity contribution in [1.29, 1.82) is 0 Å². The Hall–Kier alpha value is -0.120. The average molecular weight is 410 g/mol. The van der Waals surface area contributed by atoms with Gasteiger partial charge in [-0.15, -0.1) is 0 Å². The van der Waals surface area contributed by atoms with E-state index in [4.69, 9.17) is 0 Å². The molecule has 0 aliphatic heterocycles. The van der Waals surface area contributed by atoms with Crippen molar-refractivity contribution < 1.29 is 0 Å². The Morgan fingerprint density at radius 3 is 1.30 bits per heavy atom. The van der Waals surface area contributed by atoms with E-state index in [0.717, 1.165) is 0 Å². The number of hydrogen-bond acceptors (Lipinski definition) is 1. The summed E-state index contributed by atoms with van der Waals surface area (Å²) in [5.41, 5.74) is 1.47. The summed E-state index contributed by atoms with van der Waals surface area (Å²) in [6, 6.07) is 11.3. The highest BCUT2D eigenvalue weighted by Gasteiger charge is 2.18. The summed E-state index contributed by atoms with van der Waals surface area (Å²) in [5.74, 6) is 0. The van der Waals surface area contributed by atoms with E-state index in [1.807, 2.05) is 0 Å². The van der Waals surface area contributed by atoms with E-state index >= 15 is 0 Å². The quantitative estimate of drug-likeness (QED) is 0.233. The molecule has 0 aromatic heterocycles. The Labute approximate surface area is 173 Å². The van der Waals surface area contributed by atoms with E-state index in [0.29, 0.717) is 0 Å². The average Bonchev–Trinajstić information content (AvgIpc) is 2.71. The molecule has 0 heterocycles. The Bertz CT molecular complexity index is 399. The molecule has 1 rings (SSSR count). The minimum absolute atomic E-state index is 0.144. The van der Waals surface area contributed by atoms with Gasteiger partial charge in [-0.3, -0.25) is 0 Å². The van der Waals surface area contributed by atoms with Crippen LogP contribution in [-0.2, 0) is 0 Å². The topological polar surface area (TPSA) is 3.24 Å². The second kappa shape index (κ2) is 16.8. The predicted molar refractivity (Wildman–Crippen MR) is 132 cm³/mol. The van der Waals surface area contributed by atoms with Gasteiger partial charge < -0.3 is 4.90 Å². The largest absolute Gasteiger partial charge is 0.363 e. The molecule has 1 nitrogen and oxygen atoms in total. The van der Waals surface area contributed by atoms with Crippen LogP contribution >= 0.6 is 15.8 Å². The maximum absolute atomic E-state index is 2.80. The van der Waals surface area contributed by atoms with Crippen molar-refractivity contribution in [3.05, 3.63) is 30.3 Å². The van der Waals surface area contributed by atoms with E-state index in [1.54, 1.807) is 0 Å². The van der Waals surface area contributed by atoms with Gasteiger partial charge in [-0.25, -0.2) is 0 Å². The number of anilines is 1. The first-order valence-electron chi connectivity index (χ1n) is 11.5. The molecule has 0 atom stereocenters. The second-order valence-corrected chi connectivity index (χ2v) is 12.8. The first-order valence-corrected chi connectivity index (χ1v) is 15.3. The zero-order valence-electron chi connectivity index (χ0n) is 18.6. The molecule has 0 aliphatic carbocycles. The SMILES string of the molecule is CCCCP(CCCC)CN(CP(CCCC)CCCC)c1ccccc1. The number of para-hydroxylation sites is 1. The molecule has 1 aromatic carbocycles. The van der Waals surface area contributed by atoms with Crippen molar-refractivity contribution in [3.63, 3.8) is 0 Å². The van der Waals surface area contributed by atoms with Crippen molar-refractivity contribution in [2.75, 3.05) is 42.1 Å². The maximum atomic E-state index is 2.80. The molecule has 0 fully saturated rings. The third kappa shape index (κ3) is 11.5. The highest BCUT2D eigenvalue weighted by molar-refractivity contribution is 7.58. The van der Waals surface area contributed by atoms with Crippen LogP contribution in [-0.4, -0.2) is 37.2 Å². The Morgan fingerprint density at radius 1 is 0.593 bits per heavy atom. The fraction of sp³-hybridized carbons (Fsp3) is 0.750. The van der Waals surface area contributed by atoms with Gasteiger partial charge in [-0.05, 0) is 62.5 Å². The van der Waals surface area contributed by atoms with Gasteiger partial charge in [0.25, 0.3) is 0 Å². The molecule has 1 aromatic rings. The number of benzene rings is 1. The zero-order valence-corrected chi connectivity index (χ0v) is 20.4. The highest BCUT2D eigenvalue weighted by atomic mass is 31.1. The summed E-state index contributed by atoms with van der Waals surface area (Å²) in [4.78, 5) is 2.80. The summed E-state index contributed by atoms with van der Waals surface area (Å²) in [6.45, 7) is 9.38. The van der Waals surface area contributed by atoms with Crippen LogP contribution in [0.15, 0.2) is 30.3 Å². The molecule has 156 valence electrons. The first-order chi connectivity index (χ1) is 13.2. The fourth-order valence-electron chi connectivity index (χ4n) is 3.36. The highest BCUT2D eigenvalue weighted by Crippen LogP contribution is 2.44. The van der Waals surface area contributed by atoms with Crippen molar-refractivity contribution in [3.8, 4) is 0 Å². The van der Waals surface area contributed by atoms with Gasteiger partial charge in [0.1, 0.15) is 0 Å². The number of hydrogen-bond donors (Lipinski definition) is 0. The van der Waals surface area contributed by atoms with Crippen LogP contribution < -0.4 is 4.90 Å². The molecule has 0 bridgehead atoms. The predicted octanol–water partition coefficient (Wildman–Crippen LogP) is 8.57. The third-order valence-corrected chi connectivity index (χ3v) is 10.5. The third-order valence-electron chi connectivity index (χ3n) is 5.17. The van der Waals surface area contributed by atoms with Crippen molar-refractivity contribution in [1.82, 2.24) is 0 Å². The Morgan fingerprint density at radius 2 is 0.963 bits per heavy atom. The molecule has 0 radical (unpaired) electrons. The van der Waals surface area contributed by atoms with Crippen LogP contribution in [0.1, 0.15) is 79.1 Å². The lowest BCUT2D eigenvalue weighted by molar-refractivity contribution is 0.855. The summed E-state index contributed by atoms with van der Waals surface area (Å²) in [7, 11) is 0.289. The van der Waals surface area contributed by atoms with E-state index < -0.39 is 0 Å². The monoisotopic (exact) mass is 409 g/mol. The minimum atomic E-state index is 0.144. The number of nitrogens with zero attached hydrogens (tertiary/aromatic N) is 1. The molecular formula is C24H45NP2. The van der Waals surface area contributed by atoms with Crippen molar-refractivity contribution in [2.45, 2.75) is 79.1 Å². The lowest BCUT2D eigenvalue weighted by atomic mass is 10.3. The van der Waals surface area contributed by atoms with Crippen molar-refractivity contribution in [2.24, 2.45) is 0 Å². The standard InChI is InChI=1S/C24H45NP2/c1-5-9-18-26(19-10-6-2)22-25(24-16-14-13-15-17-24)23-27(20-11-7-3)21-12-8-4/h13-17H,5-12,18-23H2,1-4H3. The Kier molecular flexibility index (Phi) is 15.5. The number of unbranched alkanes of at least 4 members (excludes halogenated alkanes) is 4.